The number of carbonyl (C=O) groups excluding carboxylic acids is 1. The maximum absolute atomic E-state index is 13.4. The summed E-state index contributed by atoms with van der Waals surface area (Å²) in [5.74, 6) is -0.282. The molecule has 17 unspecified atom stereocenters. The highest BCUT2D eigenvalue weighted by atomic mass is 16.8. The predicted octanol–water partition coefficient (Wildman–Crippen LogP) is 12.2. The largest absolute Gasteiger partial charge is 0.394 e. The van der Waals surface area contributed by atoms with Gasteiger partial charge in [-0.15, -0.1) is 0 Å². The first kappa shape index (κ1) is 87.5. The normalized spacial score (nSPS) is 27.3. The average Bonchev–Trinajstić information content (AvgIpc) is 0.788. The van der Waals surface area contributed by atoms with Gasteiger partial charge in [-0.05, 0) is 32.1 Å². The van der Waals surface area contributed by atoms with Crippen LogP contribution in [0.15, 0.2) is 24.3 Å². The van der Waals surface area contributed by atoms with Crippen molar-refractivity contribution in [3.63, 3.8) is 0 Å². The second kappa shape index (κ2) is 57.8. The van der Waals surface area contributed by atoms with Crippen molar-refractivity contribution in [1.82, 2.24) is 5.32 Å². The van der Waals surface area contributed by atoms with E-state index < -0.39 is 124 Å². The summed E-state index contributed by atoms with van der Waals surface area (Å²) in [6.45, 7) is 1.70. The van der Waals surface area contributed by atoms with Gasteiger partial charge in [-0.2, -0.15) is 0 Å². The van der Waals surface area contributed by atoms with Crippen LogP contribution >= 0.6 is 0 Å². The second-order valence-corrected chi connectivity index (χ2v) is 28.2. The molecule has 3 heterocycles. The topological polar surface area (TPSA) is 307 Å². The highest BCUT2D eigenvalue weighted by molar-refractivity contribution is 5.76. The molecule has 3 saturated heterocycles. The zero-order valence-electron chi connectivity index (χ0n) is 59.7. The van der Waals surface area contributed by atoms with Gasteiger partial charge in [0.2, 0.25) is 5.91 Å². The van der Waals surface area contributed by atoms with Gasteiger partial charge >= 0.3 is 0 Å². The summed E-state index contributed by atoms with van der Waals surface area (Å²) >= 11 is 0. The van der Waals surface area contributed by atoms with E-state index in [-0.39, 0.29) is 18.9 Å². The summed E-state index contributed by atoms with van der Waals surface area (Å²) in [6, 6.07) is -0.985. The van der Waals surface area contributed by atoms with Crippen molar-refractivity contribution >= 4 is 5.91 Å². The molecular formula is C76H143NO18. The van der Waals surface area contributed by atoms with Crippen molar-refractivity contribution in [3.05, 3.63) is 24.3 Å². The van der Waals surface area contributed by atoms with Gasteiger partial charge in [0.15, 0.2) is 18.9 Å². The van der Waals surface area contributed by atoms with Gasteiger partial charge < -0.3 is 89.9 Å². The van der Waals surface area contributed by atoms with Crippen LogP contribution < -0.4 is 5.32 Å². The Labute approximate surface area is 575 Å². The molecule has 3 aliphatic heterocycles. The first-order chi connectivity index (χ1) is 46.3. The van der Waals surface area contributed by atoms with E-state index in [0.717, 1.165) is 38.5 Å². The van der Waals surface area contributed by atoms with Crippen molar-refractivity contribution in [1.29, 1.82) is 0 Å². The molecule has 17 atom stereocenters. The van der Waals surface area contributed by atoms with Crippen LogP contribution in [0.3, 0.4) is 0 Å². The second-order valence-electron chi connectivity index (χ2n) is 28.2. The number of hydrogen-bond donors (Lipinski definition) is 12. The minimum Gasteiger partial charge on any atom is -0.394 e. The van der Waals surface area contributed by atoms with Crippen LogP contribution in [0.25, 0.3) is 0 Å². The first-order valence-corrected chi connectivity index (χ1v) is 39.1. The van der Waals surface area contributed by atoms with E-state index in [0.29, 0.717) is 12.8 Å². The molecule has 560 valence electrons. The van der Waals surface area contributed by atoms with E-state index >= 15 is 0 Å². The maximum Gasteiger partial charge on any atom is 0.220 e. The quantitative estimate of drug-likeness (QED) is 0.0199. The molecule has 0 aliphatic carbocycles. The van der Waals surface area contributed by atoms with Crippen LogP contribution in [0.5, 0.6) is 0 Å². The van der Waals surface area contributed by atoms with Crippen LogP contribution in [-0.4, -0.2) is 193 Å². The third kappa shape index (κ3) is 38.8. The number of carbonyl (C=O) groups is 1. The third-order valence-corrected chi connectivity index (χ3v) is 19.8. The lowest BCUT2D eigenvalue weighted by Crippen LogP contribution is -2.66. The van der Waals surface area contributed by atoms with E-state index in [1.54, 1.807) is 6.08 Å². The molecule has 0 aromatic rings. The van der Waals surface area contributed by atoms with E-state index in [2.05, 4.69) is 31.3 Å². The number of unbranched alkanes of at least 4 members (excludes halogenated alkanes) is 44. The lowest BCUT2D eigenvalue weighted by atomic mass is 9.96. The number of allylic oxidation sites excluding steroid dienone is 3. The van der Waals surface area contributed by atoms with Crippen molar-refractivity contribution in [2.45, 2.75) is 426 Å². The molecule has 0 aromatic carbocycles. The molecule has 3 fully saturated rings. The number of rotatable bonds is 62. The summed E-state index contributed by atoms with van der Waals surface area (Å²) in [5, 5.41) is 120. The lowest BCUT2D eigenvalue weighted by molar-refractivity contribution is -0.379. The SMILES string of the molecule is CCCCCC/C=C/CC/C=C/C(O)C(COC1OC(CO)C(OC2OC(CO)C(OC3OC(CO)C(O)C(O)C3O)C(O)C2O)C(O)C1O)NC(=O)CCCCCCCCCCCCCCCCCCCCCCCCCCCCCCCCCCCCCCCCCC. The van der Waals surface area contributed by atoms with Crippen LogP contribution in [-0.2, 0) is 33.2 Å². The minimum absolute atomic E-state index is 0.240. The molecule has 0 saturated carbocycles. The Morgan fingerprint density at radius 1 is 0.368 bits per heavy atom. The summed E-state index contributed by atoms with van der Waals surface area (Å²) in [6.07, 6.45) is 42.5. The molecule has 0 bridgehead atoms. The Morgan fingerprint density at radius 2 is 0.674 bits per heavy atom. The van der Waals surface area contributed by atoms with Gasteiger partial charge in [-0.25, -0.2) is 0 Å². The molecule has 0 radical (unpaired) electrons. The summed E-state index contributed by atoms with van der Waals surface area (Å²) < 4.78 is 34.3. The standard InChI is InChI=1S/C76H143NO18/c1-3-5-7-9-11-13-15-16-17-18-19-20-21-22-23-24-25-26-27-28-29-30-31-32-33-34-35-36-37-38-39-40-41-42-43-44-46-48-50-52-54-64(82)77-59(60(81)53-51-49-47-45-14-12-10-8-6-4-2)58-90-74-70(88)67(85)72(62(56-79)92-74)95-76-71(89)68(86)73(63(57-80)93-76)94-75-69(87)66(84)65(83)61(55-78)91-75/h14,45,51,53,59-63,65-76,78-81,83-89H,3-13,15-44,46-50,52,54-58H2,1-2H3,(H,77,82)/b45-14+,53-51+. The summed E-state index contributed by atoms with van der Waals surface area (Å²) in [4.78, 5) is 13.4. The highest BCUT2D eigenvalue weighted by Gasteiger charge is 2.53. The predicted molar refractivity (Wildman–Crippen MR) is 374 cm³/mol. The number of aliphatic hydroxyl groups excluding tert-OH is 11. The number of nitrogens with one attached hydrogen (secondary N) is 1. The molecule has 95 heavy (non-hydrogen) atoms. The van der Waals surface area contributed by atoms with Crippen LogP contribution in [0, 0.1) is 0 Å². The van der Waals surface area contributed by atoms with Crippen LogP contribution in [0.4, 0.5) is 0 Å². The van der Waals surface area contributed by atoms with Crippen molar-refractivity contribution in [3.8, 4) is 0 Å². The van der Waals surface area contributed by atoms with Crippen LogP contribution in [0.1, 0.15) is 322 Å². The Bertz CT molecular complexity index is 1810. The van der Waals surface area contributed by atoms with Gasteiger partial charge in [0.1, 0.15) is 73.2 Å². The van der Waals surface area contributed by atoms with E-state index in [4.69, 9.17) is 28.4 Å². The van der Waals surface area contributed by atoms with E-state index in [9.17, 15) is 61.0 Å². The van der Waals surface area contributed by atoms with Gasteiger partial charge in [-0.1, -0.05) is 308 Å². The summed E-state index contributed by atoms with van der Waals surface area (Å²) in [7, 11) is 0. The fourth-order valence-corrected chi connectivity index (χ4v) is 13.4. The fraction of sp³-hybridized carbons (Fsp3) is 0.934. The van der Waals surface area contributed by atoms with Gasteiger partial charge in [0.25, 0.3) is 0 Å². The molecule has 0 spiro atoms. The number of ether oxygens (including phenoxy) is 6. The molecule has 1 amide bonds. The van der Waals surface area contributed by atoms with Crippen molar-refractivity contribution < 1.29 is 89.4 Å². The van der Waals surface area contributed by atoms with Gasteiger partial charge in [0.05, 0.1) is 38.6 Å². The zero-order chi connectivity index (χ0) is 68.9. The first-order valence-electron chi connectivity index (χ1n) is 39.1. The van der Waals surface area contributed by atoms with E-state index in [1.165, 1.54) is 250 Å². The third-order valence-electron chi connectivity index (χ3n) is 19.8. The minimum atomic E-state index is -1.98. The zero-order valence-corrected chi connectivity index (χ0v) is 59.7. The maximum atomic E-state index is 13.4. The number of amides is 1. The highest BCUT2D eigenvalue weighted by Crippen LogP contribution is 2.33. The Hall–Kier alpha value is -1.73. The monoisotopic (exact) mass is 1360 g/mol. The van der Waals surface area contributed by atoms with Gasteiger partial charge in [0, 0.05) is 6.42 Å². The molecular weight excluding hydrogens is 1210 g/mol. The Morgan fingerprint density at radius 3 is 1.05 bits per heavy atom. The molecule has 3 aliphatic rings. The molecule has 3 rings (SSSR count). The Kier molecular flexibility index (Phi) is 53.3. The van der Waals surface area contributed by atoms with Crippen molar-refractivity contribution in [2.75, 3.05) is 26.4 Å². The number of aliphatic hydroxyl groups is 11. The molecule has 12 N–H and O–H groups in total. The number of hydrogen-bond acceptors (Lipinski definition) is 18. The molecule has 19 heteroatoms. The van der Waals surface area contributed by atoms with Crippen molar-refractivity contribution in [2.24, 2.45) is 0 Å². The fourth-order valence-electron chi connectivity index (χ4n) is 13.4. The van der Waals surface area contributed by atoms with E-state index in [1.807, 2.05) is 6.08 Å². The van der Waals surface area contributed by atoms with Gasteiger partial charge in [-0.3, -0.25) is 4.79 Å². The van der Waals surface area contributed by atoms with Crippen LogP contribution in [0.2, 0.25) is 0 Å². The smallest absolute Gasteiger partial charge is 0.220 e. The summed E-state index contributed by atoms with van der Waals surface area (Å²) in [5.41, 5.74) is 0. The Balaban J connectivity index is 1.24. The molecule has 0 aromatic heterocycles. The molecule has 19 nitrogen and oxygen atoms in total. The lowest BCUT2D eigenvalue weighted by Gasteiger charge is -2.48. The average molecular weight is 1360 g/mol.